The summed E-state index contributed by atoms with van der Waals surface area (Å²) in [7, 11) is 0. The maximum atomic E-state index is 10.9. The van der Waals surface area contributed by atoms with Crippen molar-refractivity contribution in [1.82, 2.24) is 4.98 Å². The molecule has 4 rings (SSSR count). The van der Waals surface area contributed by atoms with Gasteiger partial charge < -0.3 is 10.0 Å². The zero-order valence-electron chi connectivity index (χ0n) is 13.7. The number of hydrogen-bond acceptors (Lipinski definition) is 2. The molecule has 1 unspecified atom stereocenters. The Labute approximate surface area is 141 Å². The number of piperidine rings is 1. The first-order valence-corrected chi connectivity index (χ1v) is 8.72. The highest BCUT2D eigenvalue weighted by Crippen LogP contribution is 2.33. The number of likely N-dealkylation sites (tertiary alicyclic amines) is 1. The maximum absolute atomic E-state index is 10.9. The average molecular weight is 321 g/mol. The first-order chi connectivity index (χ1) is 11.8. The smallest absolute Gasteiger partial charge is 0.167 e. The van der Waals surface area contributed by atoms with Crippen LogP contribution in [0.3, 0.4) is 0 Å². The van der Waals surface area contributed by atoms with Crippen LogP contribution in [0.4, 0.5) is 0 Å². The molecule has 0 radical (unpaired) electrons. The molecule has 3 N–H and O–H groups in total. The van der Waals surface area contributed by atoms with Crippen LogP contribution >= 0.6 is 0 Å². The van der Waals surface area contributed by atoms with E-state index in [1.807, 2.05) is 24.5 Å². The largest absolute Gasteiger partial charge is 0.505 e. The predicted molar refractivity (Wildman–Crippen MR) is 92.8 cm³/mol. The molecule has 1 atom stereocenters. The molecule has 3 heterocycles. The number of H-pyrrole nitrogens is 1. The number of rotatable bonds is 3. The highest BCUT2D eigenvalue weighted by atomic mass is 16.3. The molecule has 0 aliphatic carbocycles. The van der Waals surface area contributed by atoms with E-state index >= 15 is 0 Å². The van der Waals surface area contributed by atoms with Crippen molar-refractivity contribution < 1.29 is 15.0 Å². The van der Waals surface area contributed by atoms with Gasteiger partial charge in [-0.3, -0.25) is 4.98 Å². The number of aromatic nitrogens is 2. The Morgan fingerprint density at radius 2 is 1.79 bits per heavy atom. The van der Waals surface area contributed by atoms with Gasteiger partial charge in [0, 0.05) is 29.3 Å². The van der Waals surface area contributed by atoms with Gasteiger partial charge in [0.05, 0.1) is 18.7 Å². The summed E-state index contributed by atoms with van der Waals surface area (Å²) in [5.41, 5.74) is 2.90. The highest BCUT2D eigenvalue weighted by Gasteiger charge is 2.31. The van der Waals surface area contributed by atoms with Crippen LogP contribution in [-0.2, 0) is 0 Å². The van der Waals surface area contributed by atoms with Gasteiger partial charge in [-0.1, -0.05) is 12.1 Å². The van der Waals surface area contributed by atoms with Gasteiger partial charge in [-0.05, 0) is 31.4 Å². The predicted octanol–water partition coefficient (Wildman–Crippen LogP) is 1.91. The first-order valence-electron chi connectivity index (χ1n) is 8.72. The Balaban J connectivity index is 1.85. The molecule has 1 fully saturated rings. The van der Waals surface area contributed by atoms with Gasteiger partial charge >= 0.3 is 0 Å². The molecule has 122 valence electrons. The van der Waals surface area contributed by atoms with Gasteiger partial charge in [0.15, 0.2) is 18.1 Å². The molecule has 4 heteroatoms. The number of hydrogen-bond donors (Lipinski definition) is 2. The number of phenolic OH excluding ortho intramolecular Hbond substituents is 1. The molecule has 24 heavy (non-hydrogen) atoms. The van der Waals surface area contributed by atoms with Crippen molar-refractivity contribution in [2.75, 3.05) is 13.1 Å². The van der Waals surface area contributed by atoms with Gasteiger partial charge in [0.25, 0.3) is 0 Å². The molecule has 4 nitrogen and oxygen atoms in total. The van der Waals surface area contributed by atoms with E-state index in [-0.39, 0.29) is 6.04 Å². The lowest BCUT2D eigenvalue weighted by Crippen LogP contribution is -3.13. The zero-order valence-corrected chi connectivity index (χ0v) is 13.7. The standard InChI is InChI=1S/C20H21N3O/c24-20-17(7-6-15-5-4-10-22-18(15)20)19(16-8-11-21-12-9-16)23-13-2-1-3-14-23/h4-12,19,24H,1-3,13-14H2/p+2. The van der Waals surface area contributed by atoms with E-state index in [0.717, 1.165) is 24.0 Å². The lowest BCUT2D eigenvalue weighted by atomic mass is 9.94. The molecule has 3 aromatic rings. The van der Waals surface area contributed by atoms with Gasteiger partial charge in [-0.2, -0.15) is 0 Å². The Hall–Kier alpha value is -2.46. The Morgan fingerprint density at radius 3 is 2.58 bits per heavy atom. The molecule has 1 saturated heterocycles. The minimum Gasteiger partial charge on any atom is -0.505 e. The fraction of sp³-hybridized carbons (Fsp3) is 0.300. The highest BCUT2D eigenvalue weighted by molar-refractivity contribution is 5.85. The van der Waals surface area contributed by atoms with Gasteiger partial charge in [0.2, 0.25) is 0 Å². The normalized spacial score (nSPS) is 17.0. The number of aromatic amines is 1. The summed E-state index contributed by atoms with van der Waals surface area (Å²) in [6, 6.07) is 12.4. The van der Waals surface area contributed by atoms with E-state index < -0.39 is 0 Å². The zero-order chi connectivity index (χ0) is 16.4. The summed E-state index contributed by atoms with van der Waals surface area (Å²) >= 11 is 0. The fourth-order valence-corrected chi connectivity index (χ4v) is 3.90. The van der Waals surface area contributed by atoms with Crippen molar-refractivity contribution in [3.05, 3.63) is 66.1 Å². The summed E-state index contributed by atoms with van der Waals surface area (Å²) in [5, 5.41) is 11.9. The lowest BCUT2D eigenvalue weighted by molar-refractivity contribution is -0.930. The van der Waals surface area contributed by atoms with Gasteiger partial charge in [-0.25, -0.2) is 4.98 Å². The second-order valence-electron chi connectivity index (χ2n) is 6.56. The van der Waals surface area contributed by atoms with Crippen LogP contribution < -0.4 is 9.88 Å². The van der Waals surface area contributed by atoms with Crippen LogP contribution in [0.25, 0.3) is 10.9 Å². The first kappa shape index (κ1) is 15.1. The minimum absolute atomic E-state index is 0.145. The number of aromatic hydroxyl groups is 1. The Bertz CT molecular complexity index is 829. The molecule has 1 aliphatic rings. The molecule has 0 amide bonds. The maximum Gasteiger partial charge on any atom is 0.167 e. The fourth-order valence-electron chi connectivity index (χ4n) is 3.90. The van der Waals surface area contributed by atoms with Crippen molar-refractivity contribution in [3.63, 3.8) is 0 Å². The van der Waals surface area contributed by atoms with Crippen molar-refractivity contribution >= 4 is 10.9 Å². The van der Waals surface area contributed by atoms with Crippen LogP contribution in [0.1, 0.15) is 36.4 Å². The third-order valence-electron chi connectivity index (χ3n) is 5.07. The minimum atomic E-state index is 0.145. The van der Waals surface area contributed by atoms with E-state index in [0.29, 0.717) is 11.3 Å². The molecule has 2 aromatic heterocycles. The number of benzene rings is 1. The number of nitrogens with zero attached hydrogens (tertiary/aromatic N) is 1. The van der Waals surface area contributed by atoms with E-state index in [9.17, 15) is 5.11 Å². The Kier molecular flexibility index (Phi) is 4.13. The summed E-state index contributed by atoms with van der Waals surface area (Å²) in [4.78, 5) is 9.03. The van der Waals surface area contributed by atoms with Crippen LogP contribution in [0.5, 0.6) is 5.75 Å². The van der Waals surface area contributed by atoms with Crippen molar-refractivity contribution in [3.8, 4) is 5.75 Å². The molecular weight excluding hydrogens is 298 g/mol. The van der Waals surface area contributed by atoms with E-state index in [4.69, 9.17) is 0 Å². The van der Waals surface area contributed by atoms with Gasteiger partial charge in [0.1, 0.15) is 11.6 Å². The van der Waals surface area contributed by atoms with Crippen molar-refractivity contribution in [1.29, 1.82) is 0 Å². The molecule has 0 saturated carbocycles. The molecule has 1 aliphatic heterocycles. The van der Waals surface area contributed by atoms with Gasteiger partial charge in [-0.15, -0.1) is 0 Å². The van der Waals surface area contributed by atoms with Crippen molar-refractivity contribution in [2.45, 2.75) is 25.3 Å². The molecule has 0 spiro atoms. The third-order valence-corrected chi connectivity index (χ3v) is 5.07. The summed E-state index contributed by atoms with van der Waals surface area (Å²) in [6.07, 6.45) is 9.47. The van der Waals surface area contributed by atoms with Crippen LogP contribution in [0.2, 0.25) is 0 Å². The number of quaternary nitrogens is 1. The number of phenols is 1. The van der Waals surface area contributed by atoms with Crippen LogP contribution in [-0.4, -0.2) is 23.2 Å². The summed E-state index contributed by atoms with van der Waals surface area (Å²) in [6.45, 7) is 2.28. The quantitative estimate of drug-likeness (QED) is 0.774. The van der Waals surface area contributed by atoms with E-state index in [1.165, 1.54) is 29.7 Å². The molecule has 1 aromatic carbocycles. The average Bonchev–Trinajstić information content (AvgIpc) is 2.66. The number of nitrogens with one attached hydrogen (secondary N) is 2. The monoisotopic (exact) mass is 321 g/mol. The molecule has 0 bridgehead atoms. The number of fused-ring (bicyclic) bond motifs is 1. The summed E-state index contributed by atoms with van der Waals surface area (Å²) < 4.78 is 0. The van der Waals surface area contributed by atoms with E-state index in [2.05, 4.69) is 34.2 Å². The van der Waals surface area contributed by atoms with Crippen LogP contribution in [0, 0.1) is 0 Å². The summed E-state index contributed by atoms with van der Waals surface area (Å²) in [5.74, 6) is 0.323. The lowest BCUT2D eigenvalue weighted by Gasteiger charge is -2.32. The number of pyridine rings is 2. The molecular formula is C20H23N3O+2. The Morgan fingerprint density at radius 1 is 1.00 bits per heavy atom. The SMILES string of the molecule is Oc1c(C(c2cc[nH+]cc2)[NH+]2CCCCC2)ccc2cccnc12. The second kappa shape index (κ2) is 6.57. The van der Waals surface area contributed by atoms with Crippen LogP contribution in [0.15, 0.2) is 55.0 Å². The third kappa shape index (κ3) is 2.74. The van der Waals surface area contributed by atoms with Crippen molar-refractivity contribution in [2.24, 2.45) is 0 Å². The topological polar surface area (TPSA) is 51.7 Å². The second-order valence-corrected chi connectivity index (χ2v) is 6.56. The van der Waals surface area contributed by atoms with E-state index in [1.54, 1.807) is 6.20 Å².